The molecule has 3 aromatic heterocycles. The van der Waals surface area contributed by atoms with E-state index < -0.39 is 0 Å². The Morgan fingerprint density at radius 3 is 0.921 bits per heavy atom. The van der Waals surface area contributed by atoms with Gasteiger partial charge in [-0.3, -0.25) is 0 Å². The van der Waals surface area contributed by atoms with Gasteiger partial charge in [0.05, 0.1) is 0 Å². The molecule has 0 radical (unpaired) electrons. The molecule has 0 spiro atoms. The summed E-state index contributed by atoms with van der Waals surface area (Å²) in [5, 5.41) is 30.4. The van der Waals surface area contributed by atoms with Crippen LogP contribution < -0.4 is 0 Å². The molecule has 0 unspecified atom stereocenters. The summed E-state index contributed by atoms with van der Waals surface area (Å²) in [6.45, 7) is 0. The fourth-order valence-corrected chi connectivity index (χ4v) is 21.8. The molecule has 0 atom stereocenters. The average Bonchev–Trinajstić information content (AvgIpc) is 1.62. The van der Waals surface area contributed by atoms with Crippen LogP contribution in [0.5, 0.6) is 0 Å². The maximum Gasteiger partial charge on any atom is 0.136 e. The van der Waals surface area contributed by atoms with Crippen molar-refractivity contribution in [3.8, 4) is 111 Å². The molecule has 0 bridgehead atoms. The Kier molecular flexibility index (Phi) is 15.6. The summed E-state index contributed by atoms with van der Waals surface area (Å²) in [6.07, 6.45) is 0. The van der Waals surface area contributed by atoms with Crippen LogP contribution in [0.2, 0.25) is 0 Å². The zero-order valence-corrected chi connectivity index (χ0v) is 68.8. The molecule has 27 rings (SSSR count). The molecule has 127 heavy (non-hydrogen) atoms. The van der Waals surface area contributed by atoms with Gasteiger partial charge in [0.25, 0.3) is 0 Å². The van der Waals surface area contributed by atoms with E-state index in [1.165, 1.54) is 142 Å². The van der Waals surface area contributed by atoms with Gasteiger partial charge in [-0.2, -0.15) is 0 Å². The number of para-hydroxylation sites is 1. The topological polar surface area (TPSA) is 39.4 Å². The summed E-state index contributed by atoms with van der Waals surface area (Å²) < 4.78 is 21.2. The highest BCUT2D eigenvalue weighted by Crippen LogP contribution is 2.55. The molecule has 0 saturated carbocycles. The SMILES string of the molecule is c1ccc2cc(-c3ccc(-c4c5ccccc5c(-c5cccc6oc7ccccc7c56)c5cc(-c6ccc7c(c6)oc6cccc(-c8c9ccccc9c(-c9ccc(-c%10cccc%11ccccc%10%11)cc9)c9ccc(-c%10ccc%11c(c%10)oc%10cccc(-c%12c%13ccccc%13c(-c%13cc%14ccccc%14c%14ccccc%13%14)c%13ccccc%12%13)c%10%11)cc89)c67)ccc45)cc3)ccc2c1. The van der Waals surface area contributed by atoms with Gasteiger partial charge in [0.2, 0.25) is 0 Å². The molecule has 0 amide bonds. The second kappa shape index (κ2) is 27.9. The lowest BCUT2D eigenvalue weighted by atomic mass is 9.83. The van der Waals surface area contributed by atoms with Crippen molar-refractivity contribution in [2.75, 3.05) is 0 Å². The van der Waals surface area contributed by atoms with Gasteiger partial charge >= 0.3 is 0 Å². The Bertz CT molecular complexity index is 9340. The highest BCUT2D eigenvalue weighted by atomic mass is 16.3. The highest BCUT2D eigenvalue weighted by molar-refractivity contribution is 6.32. The molecule has 3 heteroatoms. The van der Waals surface area contributed by atoms with Crippen LogP contribution in [0.3, 0.4) is 0 Å². The van der Waals surface area contributed by atoms with Crippen LogP contribution in [0.4, 0.5) is 0 Å². The molecule has 24 aromatic carbocycles. The van der Waals surface area contributed by atoms with Gasteiger partial charge < -0.3 is 13.3 Å². The minimum atomic E-state index is 0.813. The minimum absolute atomic E-state index is 0.813. The Labute approximate surface area is 729 Å². The van der Waals surface area contributed by atoms with E-state index in [9.17, 15) is 0 Å². The van der Waals surface area contributed by atoms with Crippen LogP contribution in [0.15, 0.2) is 450 Å². The van der Waals surface area contributed by atoms with E-state index in [0.29, 0.717) is 0 Å². The van der Waals surface area contributed by atoms with Crippen molar-refractivity contribution in [2.24, 2.45) is 0 Å². The van der Waals surface area contributed by atoms with Crippen LogP contribution in [0.25, 0.3) is 285 Å². The number of rotatable bonds is 10. The molecule has 0 aliphatic carbocycles. The Hall–Kier alpha value is -16.7. The van der Waals surface area contributed by atoms with Gasteiger partial charge in [0.15, 0.2) is 0 Å². The van der Waals surface area contributed by atoms with E-state index >= 15 is 0 Å². The normalized spacial score (nSPS) is 12.1. The first-order valence-electron chi connectivity index (χ1n) is 43.8. The first-order chi connectivity index (χ1) is 63.0. The van der Waals surface area contributed by atoms with E-state index in [1.54, 1.807) is 0 Å². The molecular weight excluding hydrogens is 1540 g/mol. The third kappa shape index (κ3) is 10.9. The second-order valence-electron chi connectivity index (χ2n) is 34.1. The predicted molar refractivity (Wildman–Crippen MR) is 538 cm³/mol. The van der Waals surface area contributed by atoms with Gasteiger partial charge in [-0.25, -0.2) is 0 Å². The predicted octanol–water partition coefficient (Wildman–Crippen LogP) is 35.6. The first-order valence-corrected chi connectivity index (χ1v) is 43.8. The van der Waals surface area contributed by atoms with Crippen LogP contribution >= 0.6 is 0 Å². The van der Waals surface area contributed by atoms with Crippen LogP contribution in [0.1, 0.15) is 0 Å². The summed E-state index contributed by atoms with van der Waals surface area (Å²) in [5.74, 6) is 0. The number of fused-ring (bicyclic) bond motifs is 20. The summed E-state index contributed by atoms with van der Waals surface area (Å²) in [4.78, 5) is 0. The molecule has 0 aliphatic heterocycles. The lowest BCUT2D eigenvalue weighted by molar-refractivity contribution is 0.668. The second-order valence-corrected chi connectivity index (χ2v) is 34.1. The third-order valence-corrected chi connectivity index (χ3v) is 27.4. The summed E-state index contributed by atoms with van der Waals surface area (Å²) >= 11 is 0. The fraction of sp³-hybridized carbons (Fsp3) is 0. The molecule has 27 aromatic rings. The van der Waals surface area contributed by atoms with Crippen molar-refractivity contribution in [3.63, 3.8) is 0 Å². The monoisotopic (exact) mass is 1610 g/mol. The zero-order valence-electron chi connectivity index (χ0n) is 68.8. The zero-order chi connectivity index (χ0) is 83.1. The highest BCUT2D eigenvalue weighted by Gasteiger charge is 2.28. The quantitative estimate of drug-likeness (QED) is 0.101. The van der Waals surface area contributed by atoms with Gasteiger partial charge in [0.1, 0.15) is 33.5 Å². The fourth-order valence-electron chi connectivity index (χ4n) is 21.8. The van der Waals surface area contributed by atoms with E-state index in [1.807, 2.05) is 0 Å². The van der Waals surface area contributed by atoms with Gasteiger partial charge in [-0.15, -0.1) is 0 Å². The van der Waals surface area contributed by atoms with E-state index in [2.05, 4.69) is 437 Å². The van der Waals surface area contributed by atoms with Crippen molar-refractivity contribution < 1.29 is 13.3 Å². The number of hydrogen-bond acceptors (Lipinski definition) is 3. The number of benzene rings is 24. The molecule has 3 nitrogen and oxygen atoms in total. The van der Waals surface area contributed by atoms with Gasteiger partial charge in [-0.05, 0) is 292 Å². The van der Waals surface area contributed by atoms with Crippen LogP contribution in [-0.4, -0.2) is 0 Å². The largest absolute Gasteiger partial charge is 0.456 e. The minimum Gasteiger partial charge on any atom is -0.456 e. The molecule has 0 saturated heterocycles. The van der Waals surface area contributed by atoms with E-state index in [-0.39, 0.29) is 0 Å². The molecule has 586 valence electrons. The first kappa shape index (κ1) is 70.9. The summed E-state index contributed by atoms with van der Waals surface area (Å²) in [6, 6.07) is 161. The van der Waals surface area contributed by atoms with Crippen molar-refractivity contribution in [1.29, 1.82) is 0 Å². The van der Waals surface area contributed by atoms with Gasteiger partial charge in [-0.1, -0.05) is 364 Å². The average molecular weight is 1610 g/mol. The Morgan fingerprint density at radius 2 is 0.409 bits per heavy atom. The Balaban J connectivity index is 0.630. The van der Waals surface area contributed by atoms with Crippen LogP contribution in [0, 0.1) is 0 Å². The van der Waals surface area contributed by atoms with Crippen molar-refractivity contribution in [1.82, 2.24) is 0 Å². The molecular formula is C124H72O3. The molecule has 3 heterocycles. The van der Waals surface area contributed by atoms with Crippen molar-refractivity contribution in [3.05, 3.63) is 437 Å². The molecule has 0 N–H and O–H groups in total. The third-order valence-electron chi connectivity index (χ3n) is 27.4. The maximum atomic E-state index is 7.29. The number of furan rings is 3. The van der Waals surface area contributed by atoms with Crippen molar-refractivity contribution >= 4 is 174 Å². The number of hydrogen-bond donors (Lipinski definition) is 0. The summed E-state index contributed by atoms with van der Waals surface area (Å²) in [7, 11) is 0. The van der Waals surface area contributed by atoms with Crippen LogP contribution in [-0.2, 0) is 0 Å². The molecule has 0 fully saturated rings. The lowest BCUT2D eigenvalue weighted by Gasteiger charge is -2.20. The van der Waals surface area contributed by atoms with Gasteiger partial charge in [0, 0.05) is 32.3 Å². The summed E-state index contributed by atoms with van der Waals surface area (Å²) in [5.41, 5.74) is 28.1. The molecule has 0 aliphatic rings. The maximum absolute atomic E-state index is 7.29. The van der Waals surface area contributed by atoms with E-state index in [0.717, 1.165) is 143 Å². The Morgan fingerprint density at radius 1 is 0.110 bits per heavy atom. The standard InChI is InChI=1S/C124H72O3/c1-2-25-79-67-80(58-51-73(79)23-1)74-49-54-77(55-50-74)116-91-32-9-11-34-93(91)120(105-43-21-46-111-122(105)101-40-17-18-45-110(101)125-111)108-68-81(59-63-99(108)116)84-62-66-103-115(72-84)127-113-48-22-44-106(124(103)113)121-94-35-12-10-33-92(94)117(78-56-52-76(53-57-78)87-41-19-27-75-24-3-5-28-86(75)87)100-64-60-82(69-109(100)121)83-61-65-102-114(71-83)126-112-47-20-42-104(123(102)112)118-95-36-13-15-38-97(95)119(98-39-16-14-37-96(98)118)107-70-85-26-4-6-29-88(85)89-30-7-8-31-90(89)107/h1-72H. The van der Waals surface area contributed by atoms with E-state index in [4.69, 9.17) is 13.3 Å². The van der Waals surface area contributed by atoms with Crippen molar-refractivity contribution in [2.45, 2.75) is 0 Å². The lowest BCUT2D eigenvalue weighted by Crippen LogP contribution is -1.93. The smallest absolute Gasteiger partial charge is 0.136 e.